The molecule has 0 amide bonds. The minimum Gasteiger partial charge on any atom is -0.278 e. The monoisotopic (exact) mass is 416 g/mol. The fourth-order valence-corrected chi connectivity index (χ4v) is 3.87. The predicted octanol–water partition coefficient (Wildman–Crippen LogP) is 4.08. The van der Waals surface area contributed by atoms with Gasteiger partial charge < -0.3 is 0 Å². The second-order valence-corrected chi connectivity index (χ2v) is 7.51. The van der Waals surface area contributed by atoms with Crippen molar-refractivity contribution in [2.45, 2.75) is 6.54 Å². The van der Waals surface area contributed by atoms with Crippen LogP contribution in [0.25, 0.3) is 38.9 Å². The van der Waals surface area contributed by atoms with E-state index in [1.165, 1.54) is 0 Å². The molecular weight excluding hydrogens is 400 g/mol. The molecule has 0 fully saturated rings. The molecule has 0 spiro atoms. The van der Waals surface area contributed by atoms with E-state index < -0.39 is 0 Å². The molecule has 8 nitrogen and oxygen atoms in total. The largest absolute Gasteiger partial charge is 0.278 e. The molecule has 0 aliphatic carbocycles. The second-order valence-electron chi connectivity index (χ2n) is 7.51. The SMILES string of the molecule is N#Cc1ccc(Cn2nccc2-c2cnc3cnn(-c4ccc5cn[nH]c5c4)c3c2)cc1. The molecule has 2 aromatic carbocycles. The first-order chi connectivity index (χ1) is 15.8. The van der Waals surface area contributed by atoms with Crippen LogP contribution in [0.1, 0.15) is 11.1 Å². The molecule has 0 saturated carbocycles. The highest BCUT2D eigenvalue weighted by molar-refractivity contribution is 5.84. The molecule has 6 rings (SSSR count). The summed E-state index contributed by atoms with van der Waals surface area (Å²) < 4.78 is 3.81. The molecular formula is C24H16N8. The number of rotatable bonds is 4. The van der Waals surface area contributed by atoms with Crippen molar-refractivity contribution < 1.29 is 0 Å². The molecule has 4 heterocycles. The summed E-state index contributed by atoms with van der Waals surface area (Å²) in [6, 6.07) is 19.8. The molecule has 0 atom stereocenters. The van der Waals surface area contributed by atoms with Gasteiger partial charge in [0.25, 0.3) is 0 Å². The van der Waals surface area contributed by atoms with Gasteiger partial charge in [-0.25, -0.2) is 4.68 Å². The Kier molecular flexibility index (Phi) is 4.05. The minimum atomic E-state index is 0.599. The van der Waals surface area contributed by atoms with Gasteiger partial charge in [0, 0.05) is 23.3 Å². The lowest BCUT2D eigenvalue weighted by molar-refractivity contribution is 0.694. The maximum Gasteiger partial charge on any atom is 0.109 e. The molecule has 4 aromatic heterocycles. The van der Waals surface area contributed by atoms with Gasteiger partial charge in [0.15, 0.2) is 0 Å². The predicted molar refractivity (Wildman–Crippen MR) is 120 cm³/mol. The van der Waals surface area contributed by atoms with Gasteiger partial charge in [-0.05, 0) is 48.0 Å². The Bertz CT molecular complexity index is 1610. The Morgan fingerprint density at radius 3 is 2.72 bits per heavy atom. The fourth-order valence-electron chi connectivity index (χ4n) is 3.87. The van der Waals surface area contributed by atoms with E-state index in [0.29, 0.717) is 12.1 Å². The highest BCUT2D eigenvalue weighted by Crippen LogP contribution is 2.26. The van der Waals surface area contributed by atoms with Crippen molar-refractivity contribution in [3.05, 3.63) is 90.5 Å². The van der Waals surface area contributed by atoms with Crippen molar-refractivity contribution in [1.29, 1.82) is 5.26 Å². The summed E-state index contributed by atoms with van der Waals surface area (Å²) >= 11 is 0. The van der Waals surface area contributed by atoms with Crippen LogP contribution in [0.2, 0.25) is 0 Å². The van der Waals surface area contributed by atoms with Gasteiger partial charge >= 0.3 is 0 Å². The minimum absolute atomic E-state index is 0.599. The zero-order chi connectivity index (χ0) is 21.5. The number of nitrogens with zero attached hydrogens (tertiary/aromatic N) is 7. The maximum absolute atomic E-state index is 9.01. The lowest BCUT2D eigenvalue weighted by Gasteiger charge is -2.09. The van der Waals surface area contributed by atoms with Gasteiger partial charge in [-0.15, -0.1) is 0 Å². The van der Waals surface area contributed by atoms with Crippen molar-refractivity contribution in [3.8, 4) is 23.0 Å². The van der Waals surface area contributed by atoms with Crippen molar-refractivity contribution in [2.24, 2.45) is 0 Å². The van der Waals surface area contributed by atoms with Crippen LogP contribution in [0.5, 0.6) is 0 Å². The molecule has 0 saturated heterocycles. The van der Waals surface area contributed by atoms with Crippen LogP contribution >= 0.6 is 0 Å². The maximum atomic E-state index is 9.01. The van der Waals surface area contributed by atoms with Gasteiger partial charge in [-0.1, -0.05) is 12.1 Å². The first-order valence-corrected chi connectivity index (χ1v) is 10.1. The number of hydrogen-bond donors (Lipinski definition) is 1. The molecule has 0 aliphatic rings. The number of hydrogen-bond acceptors (Lipinski definition) is 5. The van der Waals surface area contributed by atoms with Crippen molar-refractivity contribution >= 4 is 21.9 Å². The summed E-state index contributed by atoms with van der Waals surface area (Å²) in [5.41, 5.74) is 7.24. The Hall–Kier alpha value is -4.77. The van der Waals surface area contributed by atoms with E-state index in [1.807, 2.05) is 64.1 Å². The number of fused-ring (bicyclic) bond motifs is 2. The number of nitrogens with one attached hydrogen (secondary N) is 1. The third kappa shape index (κ3) is 3.00. The Morgan fingerprint density at radius 1 is 0.938 bits per heavy atom. The van der Waals surface area contributed by atoms with E-state index >= 15 is 0 Å². The van der Waals surface area contributed by atoms with Crippen LogP contribution < -0.4 is 0 Å². The van der Waals surface area contributed by atoms with Crippen LogP contribution in [0.3, 0.4) is 0 Å². The zero-order valence-corrected chi connectivity index (χ0v) is 16.8. The van der Waals surface area contributed by atoms with Crippen LogP contribution in [-0.4, -0.2) is 34.7 Å². The van der Waals surface area contributed by atoms with E-state index in [1.54, 1.807) is 18.6 Å². The number of benzene rings is 2. The van der Waals surface area contributed by atoms with Gasteiger partial charge in [-0.2, -0.15) is 20.6 Å². The zero-order valence-electron chi connectivity index (χ0n) is 16.8. The average Bonchev–Trinajstić information content (AvgIpc) is 3.58. The Labute approximate surface area is 182 Å². The third-order valence-corrected chi connectivity index (χ3v) is 5.52. The Morgan fingerprint density at radius 2 is 1.84 bits per heavy atom. The van der Waals surface area contributed by atoms with Crippen LogP contribution in [0.15, 0.2) is 79.4 Å². The van der Waals surface area contributed by atoms with E-state index in [-0.39, 0.29) is 0 Å². The molecule has 8 heteroatoms. The van der Waals surface area contributed by atoms with E-state index in [4.69, 9.17) is 5.26 Å². The summed E-state index contributed by atoms with van der Waals surface area (Å²) in [5, 5.41) is 26.2. The number of aromatic amines is 1. The second kappa shape index (κ2) is 7.18. The molecule has 0 aliphatic heterocycles. The number of H-pyrrole nitrogens is 1. The lowest BCUT2D eigenvalue weighted by atomic mass is 10.1. The van der Waals surface area contributed by atoms with Crippen LogP contribution in [-0.2, 0) is 6.54 Å². The first-order valence-electron chi connectivity index (χ1n) is 10.1. The summed E-state index contributed by atoms with van der Waals surface area (Å²) in [5.74, 6) is 0. The molecule has 0 unspecified atom stereocenters. The lowest BCUT2D eigenvalue weighted by Crippen LogP contribution is -2.04. The molecule has 32 heavy (non-hydrogen) atoms. The molecule has 6 aromatic rings. The number of nitriles is 1. The van der Waals surface area contributed by atoms with Gasteiger partial charge in [0.1, 0.15) is 5.52 Å². The Balaban J connectivity index is 1.39. The summed E-state index contributed by atoms with van der Waals surface area (Å²) in [7, 11) is 0. The van der Waals surface area contributed by atoms with Crippen LogP contribution in [0, 0.1) is 11.3 Å². The quantitative estimate of drug-likeness (QED) is 0.467. The first kappa shape index (κ1) is 18.0. The van der Waals surface area contributed by atoms with Gasteiger partial charge in [0.05, 0.1) is 53.0 Å². The van der Waals surface area contributed by atoms with Crippen molar-refractivity contribution in [1.82, 2.24) is 34.7 Å². The van der Waals surface area contributed by atoms with Crippen LogP contribution in [0.4, 0.5) is 0 Å². The van der Waals surface area contributed by atoms with Gasteiger partial charge in [0.2, 0.25) is 0 Å². The smallest absolute Gasteiger partial charge is 0.109 e. The molecule has 152 valence electrons. The highest BCUT2D eigenvalue weighted by atomic mass is 15.3. The standard InChI is InChI=1S/C24H16N8/c25-11-16-1-3-17(4-2-16)15-31-23(7-8-28-31)19-9-24-22(26-12-19)14-29-32(24)20-6-5-18-13-27-30-21(18)10-20/h1-10,12-14H,15H2,(H,27,30). The normalized spacial score (nSPS) is 11.2. The molecule has 0 radical (unpaired) electrons. The summed E-state index contributed by atoms with van der Waals surface area (Å²) in [6.45, 7) is 0.599. The van der Waals surface area contributed by atoms with Gasteiger partial charge in [-0.3, -0.25) is 14.8 Å². The topological polar surface area (TPSA) is 101 Å². The van der Waals surface area contributed by atoms with E-state index in [0.717, 1.165) is 44.4 Å². The molecule has 0 bridgehead atoms. The average molecular weight is 416 g/mol. The summed E-state index contributed by atoms with van der Waals surface area (Å²) in [4.78, 5) is 4.63. The number of pyridine rings is 1. The fraction of sp³-hybridized carbons (Fsp3) is 0.0417. The van der Waals surface area contributed by atoms with Crippen molar-refractivity contribution in [2.75, 3.05) is 0 Å². The van der Waals surface area contributed by atoms with Crippen molar-refractivity contribution in [3.63, 3.8) is 0 Å². The van der Waals surface area contributed by atoms with E-state index in [2.05, 4.69) is 37.5 Å². The number of aromatic nitrogens is 7. The van der Waals surface area contributed by atoms with E-state index in [9.17, 15) is 0 Å². The summed E-state index contributed by atoms with van der Waals surface area (Å²) in [6.07, 6.45) is 7.20. The third-order valence-electron chi connectivity index (χ3n) is 5.52. The molecule has 1 N–H and O–H groups in total. The highest BCUT2D eigenvalue weighted by Gasteiger charge is 2.12.